The van der Waals surface area contributed by atoms with Crippen molar-refractivity contribution in [1.29, 1.82) is 0 Å². The van der Waals surface area contributed by atoms with Crippen LogP contribution in [0.15, 0.2) is 18.2 Å². The molecule has 11 nitrogen and oxygen atoms in total. The van der Waals surface area contributed by atoms with Gasteiger partial charge in [-0.05, 0) is 69.2 Å². The minimum Gasteiger partial charge on any atom is -0.481 e. The number of nitrogens with zero attached hydrogens (tertiary/aromatic N) is 1. The number of H-pyrrole nitrogens is 1. The summed E-state index contributed by atoms with van der Waals surface area (Å²) >= 11 is 5.38. The van der Waals surface area contributed by atoms with E-state index in [1.807, 2.05) is 19.2 Å². The highest BCUT2D eigenvalue weighted by molar-refractivity contribution is 7.80. The predicted molar refractivity (Wildman–Crippen MR) is 128 cm³/mol. The summed E-state index contributed by atoms with van der Waals surface area (Å²) in [5.41, 5.74) is 1.53. The van der Waals surface area contributed by atoms with Crippen molar-refractivity contribution in [2.75, 3.05) is 18.9 Å². The Kier molecular flexibility index (Phi) is 7.75. The van der Waals surface area contributed by atoms with Gasteiger partial charge in [0.25, 0.3) is 0 Å². The van der Waals surface area contributed by atoms with Gasteiger partial charge in [0.15, 0.2) is 5.11 Å². The molecular weight excluding hydrogens is 464 g/mol. The van der Waals surface area contributed by atoms with E-state index in [-0.39, 0.29) is 11.7 Å². The minimum absolute atomic E-state index is 0.0271. The molecule has 0 bridgehead atoms. The Hall–Kier alpha value is -3.22. The summed E-state index contributed by atoms with van der Waals surface area (Å²) in [6.07, 6.45) is 0.768. The lowest BCUT2D eigenvalue weighted by atomic mass is 9.91. The molecular formula is C22H28N4O7S. The summed E-state index contributed by atoms with van der Waals surface area (Å²) in [6, 6.07) is 6.04. The number of aryl methyl sites for hydroxylation is 1. The number of aromatic nitrogens is 1. The van der Waals surface area contributed by atoms with E-state index < -0.39 is 36.4 Å². The van der Waals surface area contributed by atoms with Gasteiger partial charge >= 0.3 is 17.9 Å². The molecule has 1 atom stereocenters. The number of rotatable bonds is 10. The SMILES string of the molecule is CCN(OC(CC(=O)O)(CC(=O)O)C(=O)O)C(=S)Nc1ccc2[nH]c3c(c2c1)CC(NC)CC3. The molecule has 12 heteroatoms. The fraction of sp³-hybridized carbons (Fsp3) is 0.455. The van der Waals surface area contributed by atoms with Crippen molar-refractivity contribution < 1.29 is 34.5 Å². The van der Waals surface area contributed by atoms with E-state index in [0.717, 1.165) is 35.2 Å². The van der Waals surface area contributed by atoms with Crippen LogP contribution in [0.5, 0.6) is 0 Å². The summed E-state index contributed by atoms with van der Waals surface area (Å²) in [5.74, 6) is -4.74. The molecule has 0 radical (unpaired) electrons. The molecule has 1 aromatic carbocycles. The highest BCUT2D eigenvalue weighted by Crippen LogP contribution is 2.31. The third-order valence-electron chi connectivity index (χ3n) is 5.91. The third kappa shape index (κ3) is 5.46. The lowest BCUT2D eigenvalue weighted by molar-refractivity contribution is -0.225. The van der Waals surface area contributed by atoms with Crippen LogP contribution in [0.25, 0.3) is 10.9 Å². The van der Waals surface area contributed by atoms with E-state index in [1.54, 1.807) is 13.0 Å². The van der Waals surface area contributed by atoms with Crippen LogP contribution in [0.3, 0.4) is 0 Å². The standard InChI is InChI=1S/C22H28N4O7S/c1-3-26(33-22(20(31)32,10-18(27)28)11-19(29)30)21(34)24-13-5-7-17-15(9-13)14-8-12(23-2)4-6-16(14)25-17/h5,7,9,12,23,25H,3-4,6,8,10-11H2,1-2H3,(H,24,34)(H,27,28)(H,29,30)(H,31,32). The van der Waals surface area contributed by atoms with Gasteiger partial charge in [0.05, 0.1) is 12.8 Å². The molecule has 6 N–H and O–H groups in total. The van der Waals surface area contributed by atoms with E-state index in [4.69, 9.17) is 17.1 Å². The number of fused-ring (bicyclic) bond motifs is 3. The van der Waals surface area contributed by atoms with E-state index in [1.165, 1.54) is 11.3 Å². The number of aliphatic carboxylic acids is 3. The molecule has 0 aliphatic heterocycles. The van der Waals surface area contributed by atoms with Gasteiger partial charge in [-0.1, -0.05) is 0 Å². The number of carboxylic acid groups (broad SMARTS) is 3. The number of anilines is 1. The number of carboxylic acids is 3. The Morgan fingerprint density at radius 1 is 1.24 bits per heavy atom. The van der Waals surface area contributed by atoms with Gasteiger partial charge in [0, 0.05) is 34.9 Å². The van der Waals surface area contributed by atoms with Crippen LogP contribution in [0.1, 0.15) is 37.4 Å². The molecule has 1 aliphatic carbocycles. The van der Waals surface area contributed by atoms with Crippen LogP contribution in [0.4, 0.5) is 5.69 Å². The monoisotopic (exact) mass is 492 g/mol. The number of carbonyl (C=O) groups is 3. The van der Waals surface area contributed by atoms with E-state index in [0.29, 0.717) is 11.7 Å². The van der Waals surface area contributed by atoms with Gasteiger partial charge in [-0.2, -0.15) is 0 Å². The lowest BCUT2D eigenvalue weighted by Crippen LogP contribution is -2.52. The smallest absolute Gasteiger partial charge is 0.340 e. The first-order valence-corrected chi connectivity index (χ1v) is 11.2. The summed E-state index contributed by atoms with van der Waals surface area (Å²) in [7, 11) is 1.95. The van der Waals surface area contributed by atoms with Gasteiger partial charge in [0.1, 0.15) is 0 Å². The number of aromatic amines is 1. The molecule has 2 aromatic rings. The zero-order valence-corrected chi connectivity index (χ0v) is 19.7. The van der Waals surface area contributed by atoms with Crippen molar-refractivity contribution >= 4 is 51.8 Å². The Balaban J connectivity index is 1.84. The predicted octanol–water partition coefficient (Wildman–Crippen LogP) is 1.97. The van der Waals surface area contributed by atoms with Crippen LogP contribution < -0.4 is 10.6 Å². The normalized spacial score (nSPS) is 15.5. The molecule has 1 heterocycles. The molecule has 34 heavy (non-hydrogen) atoms. The van der Waals surface area contributed by atoms with Crippen LogP contribution >= 0.6 is 12.2 Å². The third-order valence-corrected chi connectivity index (χ3v) is 6.22. The number of thiocarbonyl (C=S) groups is 1. The van der Waals surface area contributed by atoms with E-state index >= 15 is 0 Å². The Labute approximate surface area is 201 Å². The molecule has 184 valence electrons. The van der Waals surface area contributed by atoms with Gasteiger partial charge in [-0.25, -0.2) is 9.86 Å². The van der Waals surface area contributed by atoms with Gasteiger partial charge in [0.2, 0.25) is 5.60 Å². The Bertz CT molecular complexity index is 1100. The number of hydrogen-bond donors (Lipinski definition) is 6. The van der Waals surface area contributed by atoms with Crippen molar-refractivity contribution in [2.45, 2.75) is 50.7 Å². The first-order valence-electron chi connectivity index (χ1n) is 10.8. The van der Waals surface area contributed by atoms with Crippen molar-refractivity contribution in [3.05, 3.63) is 29.5 Å². The molecule has 1 aliphatic rings. The van der Waals surface area contributed by atoms with Crippen LogP contribution in [0, 0.1) is 0 Å². The molecule has 0 amide bonds. The quantitative estimate of drug-likeness (QED) is 0.212. The number of benzene rings is 1. The molecule has 1 aromatic heterocycles. The zero-order valence-electron chi connectivity index (χ0n) is 18.9. The summed E-state index contributed by atoms with van der Waals surface area (Å²) in [6.45, 7) is 1.66. The van der Waals surface area contributed by atoms with Crippen LogP contribution in [0.2, 0.25) is 0 Å². The molecule has 0 fully saturated rings. The second kappa shape index (κ2) is 10.4. The second-order valence-corrected chi connectivity index (χ2v) is 8.61. The maximum absolute atomic E-state index is 11.9. The largest absolute Gasteiger partial charge is 0.481 e. The zero-order chi connectivity index (χ0) is 25.0. The molecule has 0 spiro atoms. The van der Waals surface area contributed by atoms with Crippen LogP contribution in [-0.4, -0.2) is 73.6 Å². The van der Waals surface area contributed by atoms with Gasteiger partial charge < -0.3 is 30.9 Å². The summed E-state index contributed by atoms with van der Waals surface area (Å²) in [5, 5.41) is 36.3. The molecule has 0 saturated carbocycles. The van der Waals surface area contributed by atoms with Crippen LogP contribution in [-0.2, 0) is 32.1 Å². The number of hydroxylamine groups is 2. The topological polar surface area (TPSA) is 164 Å². The molecule has 3 rings (SSSR count). The van der Waals surface area contributed by atoms with E-state index in [2.05, 4.69) is 15.6 Å². The number of likely N-dealkylation sites (N-methyl/N-ethyl adjacent to an activating group) is 1. The fourth-order valence-corrected chi connectivity index (χ4v) is 4.48. The second-order valence-electron chi connectivity index (χ2n) is 8.23. The molecule has 0 saturated heterocycles. The Morgan fingerprint density at radius 2 is 1.91 bits per heavy atom. The van der Waals surface area contributed by atoms with Gasteiger partial charge in [-0.3, -0.25) is 14.4 Å². The minimum atomic E-state index is -2.52. The first-order chi connectivity index (χ1) is 16.1. The number of nitrogens with one attached hydrogen (secondary N) is 3. The van der Waals surface area contributed by atoms with Crippen molar-refractivity contribution in [1.82, 2.24) is 15.4 Å². The average Bonchev–Trinajstić information content (AvgIpc) is 3.13. The average molecular weight is 493 g/mol. The highest BCUT2D eigenvalue weighted by atomic mass is 32.1. The van der Waals surface area contributed by atoms with Gasteiger partial charge in [-0.15, -0.1) is 0 Å². The summed E-state index contributed by atoms with van der Waals surface area (Å²) in [4.78, 5) is 43.3. The maximum atomic E-state index is 11.9. The van der Waals surface area contributed by atoms with E-state index in [9.17, 15) is 29.7 Å². The fourth-order valence-electron chi connectivity index (χ4n) is 4.19. The van der Waals surface area contributed by atoms with Crippen molar-refractivity contribution in [3.8, 4) is 0 Å². The first kappa shape index (κ1) is 25.4. The number of hydrogen-bond acceptors (Lipinski definition) is 6. The molecule has 1 unspecified atom stereocenters. The van der Waals surface area contributed by atoms with Crippen molar-refractivity contribution in [3.63, 3.8) is 0 Å². The maximum Gasteiger partial charge on any atom is 0.340 e. The Morgan fingerprint density at radius 3 is 2.47 bits per heavy atom. The summed E-state index contributed by atoms with van der Waals surface area (Å²) < 4.78 is 0. The van der Waals surface area contributed by atoms with Crippen molar-refractivity contribution in [2.24, 2.45) is 0 Å². The highest BCUT2D eigenvalue weighted by Gasteiger charge is 2.47. The lowest BCUT2D eigenvalue weighted by Gasteiger charge is -2.33.